The van der Waals surface area contributed by atoms with Crippen LogP contribution in [0.1, 0.15) is 36.2 Å². The molecule has 8 heteroatoms. The second-order valence-corrected chi connectivity index (χ2v) is 8.13. The van der Waals surface area contributed by atoms with Gasteiger partial charge in [0.25, 0.3) is 5.91 Å². The number of piperidine rings is 1. The number of halogens is 2. The van der Waals surface area contributed by atoms with Gasteiger partial charge in [-0.25, -0.2) is 10.5 Å². The monoisotopic (exact) mass is 490 g/mol. The van der Waals surface area contributed by atoms with Crippen molar-refractivity contribution in [2.45, 2.75) is 38.6 Å². The molecular formula is C25H32Cl2N4O2. The maximum atomic E-state index is 11.3. The minimum absolute atomic E-state index is 0. The molecule has 0 aliphatic carbocycles. The molecule has 1 aliphatic heterocycles. The van der Waals surface area contributed by atoms with E-state index in [1.165, 1.54) is 44.0 Å². The predicted octanol–water partition coefficient (Wildman–Crippen LogP) is 4.67. The van der Waals surface area contributed by atoms with E-state index in [4.69, 9.17) is 10.2 Å². The Balaban J connectivity index is 0.00000193. The lowest BCUT2D eigenvalue weighted by molar-refractivity contribution is -0.124. The van der Waals surface area contributed by atoms with Crippen LogP contribution in [0.15, 0.2) is 54.6 Å². The first-order valence-corrected chi connectivity index (χ1v) is 11.1. The number of fused-ring (bicyclic) bond motifs is 1. The smallest absolute Gasteiger partial charge is 0.267 e. The molecule has 0 bridgehead atoms. The average Bonchev–Trinajstić information content (AvgIpc) is 3.17. The Kier molecular flexibility index (Phi) is 10.9. The van der Waals surface area contributed by atoms with E-state index < -0.39 is 5.91 Å². The third kappa shape index (κ3) is 7.30. The average molecular weight is 491 g/mol. The molecule has 2 N–H and O–H groups in total. The van der Waals surface area contributed by atoms with Crippen molar-refractivity contribution >= 4 is 47.8 Å². The van der Waals surface area contributed by atoms with Gasteiger partial charge in [0.2, 0.25) is 0 Å². The number of carbonyl (C=O) groups excluding carboxylic acids is 1. The van der Waals surface area contributed by atoms with E-state index in [2.05, 4.69) is 39.8 Å². The summed E-state index contributed by atoms with van der Waals surface area (Å²) in [5, 5.41) is 8.67. The number of imidazole rings is 1. The highest BCUT2D eigenvalue weighted by atomic mass is 35.5. The summed E-state index contributed by atoms with van der Waals surface area (Å²) >= 11 is 0. The zero-order valence-corrected chi connectivity index (χ0v) is 20.3. The van der Waals surface area contributed by atoms with Gasteiger partial charge in [0.15, 0.2) is 0 Å². The number of rotatable bonds is 8. The highest BCUT2D eigenvalue weighted by molar-refractivity contribution is 5.91. The maximum Gasteiger partial charge on any atom is 0.267 e. The molecule has 4 rings (SSSR count). The number of benzene rings is 2. The Labute approximate surface area is 207 Å². The van der Waals surface area contributed by atoms with Gasteiger partial charge >= 0.3 is 0 Å². The largest absolute Gasteiger partial charge is 0.327 e. The van der Waals surface area contributed by atoms with Gasteiger partial charge in [0, 0.05) is 25.6 Å². The van der Waals surface area contributed by atoms with Gasteiger partial charge < -0.3 is 9.47 Å². The van der Waals surface area contributed by atoms with E-state index in [0.29, 0.717) is 0 Å². The number of hydroxylamine groups is 1. The molecule has 0 spiro atoms. The van der Waals surface area contributed by atoms with Crippen LogP contribution in [0, 0.1) is 0 Å². The second kappa shape index (κ2) is 13.4. The molecule has 1 aromatic heterocycles. The number of nitrogens with zero attached hydrogens (tertiary/aromatic N) is 3. The normalized spacial score (nSPS) is 14.1. The molecule has 2 heterocycles. The third-order valence-electron chi connectivity index (χ3n) is 5.96. The Morgan fingerprint density at radius 1 is 1.00 bits per heavy atom. The van der Waals surface area contributed by atoms with Gasteiger partial charge in [-0.3, -0.25) is 10.0 Å². The van der Waals surface area contributed by atoms with Crippen molar-refractivity contribution in [1.82, 2.24) is 19.9 Å². The first kappa shape index (κ1) is 26.9. The summed E-state index contributed by atoms with van der Waals surface area (Å²) in [6, 6.07) is 16.6. The van der Waals surface area contributed by atoms with Gasteiger partial charge in [-0.05, 0) is 61.7 Å². The minimum atomic E-state index is -0.546. The van der Waals surface area contributed by atoms with E-state index in [1.54, 1.807) is 11.6 Å². The Hall–Kier alpha value is -2.38. The summed E-state index contributed by atoms with van der Waals surface area (Å²) in [7, 11) is 0. The van der Waals surface area contributed by atoms with Crippen LogP contribution in [-0.2, 0) is 24.2 Å². The topological polar surface area (TPSA) is 70.4 Å². The fraction of sp³-hybridized carbons (Fsp3) is 0.360. The molecule has 6 nitrogen and oxygen atoms in total. The highest BCUT2D eigenvalue weighted by Crippen LogP contribution is 2.21. The number of carbonyl (C=O) groups is 1. The number of hydrogen-bond donors (Lipinski definition) is 2. The van der Waals surface area contributed by atoms with Crippen LogP contribution in [0.25, 0.3) is 17.1 Å². The fourth-order valence-electron chi connectivity index (χ4n) is 4.28. The Morgan fingerprint density at radius 3 is 2.48 bits per heavy atom. The molecule has 2 aromatic carbocycles. The quantitative estimate of drug-likeness (QED) is 0.273. The summed E-state index contributed by atoms with van der Waals surface area (Å²) in [5.41, 5.74) is 5.88. The predicted molar refractivity (Wildman–Crippen MR) is 137 cm³/mol. The van der Waals surface area contributed by atoms with Crippen LogP contribution >= 0.6 is 24.8 Å². The molecule has 0 saturated carbocycles. The Morgan fingerprint density at radius 2 is 1.76 bits per heavy atom. The van der Waals surface area contributed by atoms with Crippen molar-refractivity contribution in [3.05, 3.63) is 71.6 Å². The molecule has 0 unspecified atom stereocenters. The standard InChI is InChI=1S/C25H30N4O2.2ClH/c30-25(27-31)14-11-21-9-12-23-22(19-21)26-24(13-10-20-7-3-1-4-8-20)29(23)18-17-28-15-5-2-6-16-28;;/h1,3-4,7-9,11-12,14,19,31H,2,5-6,10,13,15-18H2,(H,27,30);2*1H/b14-11+;;. The highest BCUT2D eigenvalue weighted by Gasteiger charge is 2.14. The van der Waals surface area contributed by atoms with Gasteiger partial charge in [0.05, 0.1) is 11.0 Å². The van der Waals surface area contributed by atoms with Gasteiger partial charge in [0.1, 0.15) is 5.82 Å². The van der Waals surface area contributed by atoms with Gasteiger partial charge in [-0.15, -0.1) is 24.8 Å². The number of likely N-dealkylation sites (tertiary alicyclic amines) is 1. The van der Waals surface area contributed by atoms with Crippen molar-refractivity contribution in [1.29, 1.82) is 0 Å². The summed E-state index contributed by atoms with van der Waals surface area (Å²) in [6.07, 6.45) is 8.77. The number of aromatic nitrogens is 2. The summed E-state index contributed by atoms with van der Waals surface area (Å²) < 4.78 is 2.36. The molecule has 0 atom stereocenters. The lowest BCUT2D eigenvalue weighted by Gasteiger charge is -2.26. The van der Waals surface area contributed by atoms with Crippen molar-refractivity contribution in [2.24, 2.45) is 0 Å². The van der Waals surface area contributed by atoms with E-state index >= 15 is 0 Å². The van der Waals surface area contributed by atoms with E-state index in [0.717, 1.165) is 48.4 Å². The summed E-state index contributed by atoms with van der Waals surface area (Å²) in [5.74, 6) is 0.556. The van der Waals surface area contributed by atoms with Crippen molar-refractivity contribution in [3.63, 3.8) is 0 Å². The number of hydrogen-bond acceptors (Lipinski definition) is 4. The first-order valence-electron chi connectivity index (χ1n) is 11.1. The number of aryl methyl sites for hydroxylation is 2. The minimum Gasteiger partial charge on any atom is -0.327 e. The van der Waals surface area contributed by atoms with Crippen molar-refractivity contribution < 1.29 is 10.0 Å². The molecule has 3 aromatic rings. The van der Waals surface area contributed by atoms with Gasteiger partial charge in [-0.1, -0.05) is 42.8 Å². The van der Waals surface area contributed by atoms with Gasteiger partial charge in [-0.2, -0.15) is 0 Å². The lowest BCUT2D eigenvalue weighted by Crippen LogP contribution is -2.32. The van der Waals surface area contributed by atoms with Crippen LogP contribution in [-0.4, -0.2) is 45.2 Å². The van der Waals surface area contributed by atoms with Crippen LogP contribution in [0.2, 0.25) is 0 Å². The maximum absolute atomic E-state index is 11.3. The number of amides is 1. The third-order valence-corrected chi connectivity index (χ3v) is 5.96. The zero-order chi connectivity index (χ0) is 21.5. The Bertz CT molecular complexity index is 1050. The molecule has 1 fully saturated rings. The number of nitrogens with one attached hydrogen (secondary N) is 1. The van der Waals surface area contributed by atoms with E-state index in [-0.39, 0.29) is 24.8 Å². The lowest BCUT2D eigenvalue weighted by atomic mass is 10.1. The van der Waals surface area contributed by atoms with Crippen LogP contribution in [0.3, 0.4) is 0 Å². The van der Waals surface area contributed by atoms with Crippen LogP contribution in [0.5, 0.6) is 0 Å². The molecule has 0 radical (unpaired) electrons. The zero-order valence-electron chi connectivity index (χ0n) is 18.7. The fourth-order valence-corrected chi connectivity index (χ4v) is 4.28. The molecule has 1 amide bonds. The summed E-state index contributed by atoms with van der Waals surface area (Å²) in [4.78, 5) is 18.8. The second-order valence-electron chi connectivity index (χ2n) is 8.13. The van der Waals surface area contributed by atoms with E-state index in [1.807, 2.05) is 18.2 Å². The van der Waals surface area contributed by atoms with Crippen molar-refractivity contribution in [2.75, 3.05) is 19.6 Å². The van der Waals surface area contributed by atoms with Crippen LogP contribution < -0.4 is 5.48 Å². The molecule has 178 valence electrons. The summed E-state index contributed by atoms with van der Waals surface area (Å²) in [6.45, 7) is 4.35. The SMILES string of the molecule is Cl.Cl.O=C(/C=C/c1ccc2c(c1)nc(CCc1ccccc1)n2CCN1CCCCC1)NO. The van der Waals surface area contributed by atoms with E-state index in [9.17, 15) is 4.79 Å². The first-order chi connectivity index (χ1) is 15.2. The molecule has 33 heavy (non-hydrogen) atoms. The van der Waals surface area contributed by atoms with Crippen molar-refractivity contribution in [3.8, 4) is 0 Å². The molecule has 1 saturated heterocycles. The molecular weight excluding hydrogens is 459 g/mol. The van der Waals surface area contributed by atoms with Crippen LogP contribution in [0.4, 0.5) is 0 Å². The molecule has 1 aliphatic rings.